The zero-order valence-electron chi connectivity index (χ0n) is 11.4. The molecule has 5 heteroatoms. The predicted molar refractivity (Wildman–Crippen MR) is 80.9 cm³/mol. The van der Waals surface area contributed by atoms with Crippen LogP contribution in [-0.2, 0) is 20.9 Å². The molecule has 0 aliphatic heterocycles. The van der Waals surface area contributed by atoms with Crippen molar-refractivity contribution in [2.24, 2.45) is 0 Å². The lowest BCUT2D eigenvalue weighted by Gasteiger charge is -2.04. The third-order valence-electron chi connectivity index (χ3n) is 2.66. The third kappa shape index (κ3) is 4.57. The lowest BCUT2D eigenvalue weighted by atomic mass is 10.1. The lowest BCUT2D eigenvalue weighted by molar-refractivity contribution is -0.138. The van der Waals surface area contributed by atoms with Crippen molar-refractivity contribution >= 4 is 29.4 Å². The van der Waals surface area contributed by atoms with Gasteiger partial charge in [0.05, 0.1) is 12.7 Å². The average Bonchev–Trinajstić information content (AvgIpc) is 3.04. The van der Waals surface area contributed by atoms with Crippen molar-refractivity contribution in [3.8, 4) is 0 Å². The van der Waals surface area contributed by atoms with E-state index in [1.807, 2.05) is 17.5 Å². The highest BCUT2D eigenvalue weighted by Gasteiger charge is 2.06. The van der Waals surface area contributed by atoms with Gasteiger partial charge in [0.1, 0.15) is 6.61 Å². The maximum Gasteiger partial charge on any atom is 0.337 e. The zero-order chi connectivity index (χ0) is 15.1. The van der Waals surface area contributed by atoms with Crippen molar-refractivity contribution < 1.29 is 19.1 Å². The molecule has 0 spiro atoms. The Morgan fingerprint density at radius 3 is 2.81 bits per heavy atom. The maximum absolute atomic E-state index is 11.6. The monoisotopic (exact) mass is 302 g/mol. The van der Waals surface area contributed by atoms with Gasteiger partial charge in [-0.2, -0.15) is 0 Å². The van der Waals surface area contributed by atoms with E-state index in [2.05, 4.69) is 4.74 Å². The van der Waals surface area contributed by atoms with Gasteiger partial charge in [0.25, 0.3) is 0 Å². The first-order valence-electron chi connectivity index (χ1n) is 6.24. The highest BCUT2D eigenvalue weighted by Crippen LogP contribution is 2.11. The van der Waals surface area contributed by atoms with Crippen LogP contribution in [-0.4, -0.2) is 19.0 Å². The number of thiophene rings is 1. The van der Waals surface area contributed by atoms with Gasteiger partial charge in [0, 0.05) is 11.0 Å². The highest BCUT2D eigenvalue weighted by atomic mass is 32.1. The quantitative estimate of drug-likeness (QED) is 0.628. The Bertz CT molecular complexity index is 644. The van der Waals surface area contributed by atoms with E-state index in [0.29, 0.717) is 5.56 Å². The van der Waals surface area contributed by atoms with E-state index in [1.165, 1.54) is 13.2 Å². The predicted octanol–water partition coefficient (Wildman–Crippen LogP) is 3.29. The summed E-state index contributed by atoms with van der Waals surface area (Å²) in [5.74, 6) is -0.840. The zero-order valence-corrected chi connectivity index (χ0v) is 12.3. The fourth-order valence-electron chi connectivity index (χ4n) is 1.64. The van der Waals surface area contributed by atoms with Gasteiger partial charge < -0.3 is 9.47 Å². The number of hydrogen-bond donors (Lipinski definition) is 0. The summed E-state index contributed by atoms with van der Waals surface area (Å²) in [4.78, 5) is 24.0. The maximum atomic E-state index is 11.6. The molecule has 0 unspecified atom stereocenters. The molecule has 0 aliphatic carbocycles. The van der Waals surface area contributed by atoms with Crippen LogP contribution in [0.25, 0.3) is 6.08 Å². The molecule has 1 heterocycles. The van der Waals surface area contributed by atoms with Gasteiger partial charge in [-0.3, -0.25) is 0 Å². The molecule has 0 saturated carbocycles. The lowest BCUT2D eigenvalue weighted by Crippen LogP contribution is -2.04. The standard InChI is InChI=1S/C16H14O4S/c1-19-16(18)13-5-2-4-12(10-13)11-20-15(17)8-7-14-6-3-9-21-14/h2-10H,11H2,1H3. The van der Waals surface area contributed by atoms with Crippen molar-refractivity contribution in [3.05, 3.63) is 63.9 Å². The minimum atomic E-state index is -0.424. The molecule has 0 amide bonds. The van der Waals surface area contributed by atoms with E-state index >= 15 is 0 Å². The van der Waals surface area contributed by atoms with Crippen molar-refractivity contribution in [1.82, 2.24) is 0 Å². The van der Waals surface area contributed by atoms with Crippen LogP contribution in [0.3, 0.4) is 0 Å². The normalized spacial score (nSPS) is 10.5. The SMILES string of the molecule is COC(=O)c1cccc(COC(=O)C=Cc2cccs2)c1. The molecule has 0 N–H and O–H groups in total. The molecule has 1 aromatic heterocycles. The molecular weight excluding hydrogens is 288 g/mol. The van der Waals surface area contributed by atoms with E-state index in [0.717, 1.165) is 10.4 Å². The Hall–Kier alpha value is -2.40. The summed E-state index contributed by atoms with van der Waals surface area (Å²) in [6.07, 6.45) is 3.09. The largest absolute Gasteiger partial charge is 0.465 e. The van der Waals surface area contributed by atoms with E-state index in [4.69, 9.17) is 4.74 Å². The highest BCUT2D eigenvalue weighted by molar-refractivity contribution is 7.10. The van der Waals surface area contributed by atoms with Crippen molar-refractivity contribution in [2.75, 3.05) is 7.11 Å². The van der Waals surface area contributed by atoms with Gasteiger partial charge in [-0.05, 0) is 35.2 Å². The molecule has 21 heavy (non-hydrogen) atoms. The first kappa shape index (κ1) is 15.0. The molecule has 0 atom stereocenters. The number of carbonyl (C=O) groups excluding carboxylic acids is 2. The van der Waals surface area contributed by atoms with Crippen LogP contribution in [0.4, 0.5) is 0 Å². The van der Waals surface area contributed by atoms with E-state index in [-0.39, 0.29) is 6.61 Å². The minimum Gasteiger partial charge on any atom is -0.465 e. The summed E-state index contributed by atoms with van der Waals surface area (Å²) in [6.45, 7) is 0.110. The summed E-state index contributed by atoms with van der Waals surface area (Å²) in [6, 6.07) is 10.6. The van der Waals surface area contributed by atoms with E-state index < -0.39 is 11.9 Å². The molecule has 2 rings (SSSR count). The van der Waals surface area contributed by atoms with Crippen molar-refractivity contribution in [2.45, 2.75) is 6.61 Å². The number of rotatable bonds is 5. The van der Waals surface area contributed by atoms with E-state index in [1.54, 1.807) is 41.7 Å². The molecule has 2 aromatic rings. The van der Waals surface area contributed by atoms with Crippen molar-refractivity contribution in [1.29, 1.82) is 0 Å². The minimum absolute atomic E-state index is 0.110. The van der Waals surface area contributed by atoms with Gasteiger partial charge in [-0.25, -0.2) is 9.59 Å². The fourth-order valence-corrected chi connectivity index (χ4v) is 2.26. The second kappa shape index (κ2) is 7.40. The molecule has 0 aliphatic rings. The molecule has 1 aromatic carbocycles. The topological polar surface area (TPSA) is 52.6 Å². The Labute approximate surface area is 126 Å². The molecular formula is C16H14O4S. The Kier molecular flexibility index (Phi) is 5.29. The van der Waals surface area contributed by atoms with Crippen molar-refractivity contribution in [3.63, 3.8) is 0 Å². The Balaban J connectivity index is 1.90. The second-order valence-electron chi connectivity index (χ2n) is 4.15. The van der Waals surface area contributed by atoms with Crippen LogP contribution in [0.15, 0.2) is 47.9 Å². The fraction of sp³-hybridized carbons (Fsp3) is 0.125. The Morgan fingerprint density at radius 2 is 2.10 bits per heavy atom. The number of carbonyl (C=O) groups is 2. The third-order valence-corrected chi connectivity index (χ3v) is 3.49. The van der Waals surface area contributed by atoms with Crippen LogP contribution < -0.4 is 0 Å². The number of esters is 2. The molecule has 108 valence electrons. The smallest absolute Gasteiger partial charge is 0.337 e. The van der Waals surface area contributed by atoms with Gasteiger partial charge in [-0.15, -0.1) is 11.3 Å². The van der Waals surface area contributed by atoms with Crippen LogP contribution in [0, 0.1) is 0 Å². The molecule has 0 bridgehead atoms. The first-order chi connectivity index (χ1) is 10.2. The second-order valence-corrected chi connectivity index (χ2v) is 5.13. The number of methoxy groups -OCH3 is 1. The summed E-state index contributed by atoms with van der Waals surface area (Å²) in [5.41, 5.74) is 1.16. The molecule has 0 radical (unpaired) electrons. The van der Waals surface area contributed by atoms with Gasteiger partial charge in [-0.1, -0.05) is 18.2 Å². The number of benzene rings is 1. The summed E-state index contributed by atoms with van der Waals surface area (Å²) >= 11 is 1.54. The summed E-state index contributed by atoms with van der Waals surface area (Å²) < 4.78 is 9.76. The van der Waals surface area contributed by atoms with Crippen LogP contribution in [0.1, 0.15) is 20.8 Å². The van der Waals surface area contributed by atoms with Crippen LogP contribution in [0.2, 0.25) is 0 Å². The number of ether oxygens (including phenoxy) is 2. The Morgan fingerprint density at radius 1 is 1.24 bits per heavy atom. The average molecular weight is 302 g/mol. The van der Waals surface area contributed by atoms with E-state index in [9.17, 15) is 9.59 Å². The van der Waals surface area contributed by atoms with Gasteiger partial charge in [0.15, 0.2) is 0 Å². The molecule has 0 saturated heterocycles. The van der Waals surface area contributed by atoms with Crippen LogP contribution >= 0.6 is 11.3 Å². The van der Waals surface area contributed by atoms with Crippen LogP contribution in [0.5, 0.6) is 0 Å². The summed E-state index contributed by atoms with van der Waals surface area (Å²) in [7, 11) is 1.32. The molecule has 4 nitrogen and oxygen atoms in total. The summed E-state index contributed by atoms with van der Waals surface area (Å²) in [5, 5.41) is 1.93. The number of hydrogen-bond acceptors (Lipinski definition) is 5. The van der Waals surface area contributed by atoms with Gasteiger partial charge in [0.2, 0.25) is 0 Å². The first-order valence-corrected chi connectivity index (χ1v) is 7.12. The molecule has 0 fully saturated rings. The van der Waals surface area contributed by atoms with Gasteiger partial charge >= 0.3 is 11.9 Å².